The Bertz CT molecular complexity index is 310. The zero-order valence-corrected chi connectivity index (χ0v) is 10.2. The number of ether oxygens (including phenoxy) is 1. The van der Waals surface area contributed by atoms with E-state index in [-0.39, 0.29) is 0 Å². The predicted molar refractivity (Wildman–Crippen MR) is 66.3 cm³/mol. The van der Waals surface area contributed by atoms with E-state index in [9.17, 15) is 0 Å². The number of rotatable bonds is 6. The molecule has 0 spiro atoms. The Morgan fingerprint density at radius 2 is 2.00 bits per heavy atom. The maximum Gasteiger partial charge on any atom is 0.0716 e. The van der Waals surface area contributed by atoms with E-state index < -0.39 is 0 Å². The average Bonchev–Trinajstić information content (AvgIpc) is 3.05. The second-order valence-electron chi connectivity index (χ2n) is 4.85. The summed E-state index contributed by atoms with van der Waals surface area (Å²) >= 11 is 0. The van der Waals surface area contributed by atoms with Gasteiger partial charge in [-0.25, -0.2) is 0 Å². The predicted octanol–water partition coefficient (Wildman–Crippen LogP) is 2.54. The van der Waals surface area contributed by atoms with E-state index in [0.29, 0.717) is 0 Å². The van der Waals surface area contributed by atoms with Crippen molar-refractivity contribution in [1.29, 1.82) is 0 Å². The van der Waals surface area contributed by atoms with Crippen molar-refractivity contribution >= 4 is 0 Å². The van der Waals surface area contributed by atoms with E-state index in [1.165, 1.54) is 18.4 Å². The van der Waals surface area contributed by atoms with Crippen molar-refractivity contribution in [2.24, 2.45) is 5.92 Å². The van der Waals surface area contributed by atoms with Crippen LogP contribution in [0.25, 0.3) is 0 Å². The zero-order chi connectivity index (χ0) is 11.4. The van der Waals surface area contributed by atoms with E-state index in [1.807, 2.05) is 6.07 Å². The van der Waals surface area contributed by atoms with Gasteiger partial charge in [0.25, 0.3) is 0 Å². The molecule has 1 fully saturated rings. The number of benzene rings is 1. The highest BCUT2D eigenvalue weighted by molar-refractivity contribution is 5.13. The van der Waals surface area contributed by atoms with Crippen LogP contribution in [-0.4, -0.2) is 31.6 Å². The van der Waals surface area contributed by atoms with Crippen molar-refractivity contribution in [3.8, 4) is 0 Å². The summed E-state index contributed by atoms with van der Waals surface area (Å²) in [6, 6.07) is 11.2. The van der Waals surface area contributed by atoms with Crippen LogP contribution in [0.4, 0.5) is 0 Å². The van der Waals surface area contributed by atoms with E-state index in [2.05, 4.69) is 43.3 Å². The molecule has 16 heavy (non-hydrogen) atoms. The summed E-state index contributed by atoms with van der Waals surface area (Å²) in [5.41, 5.74) is 1.27. The Morgan fingerprint density at radius 3 is 2.62 bits per heavy atom. The molecule has 0 aromatic heterocycles. The molecule has 2 nitrogen and oxygen atoms in total. The third-order valence-corrected chi connectivity index (χ3v) is 3.29. The summed E-state index contributed by atoms with van der Waals surface area (Å²) in [7, 11) is 4.32. The summed E-state index contributed by atoms with van der Waals surface area (Å²) in [5, 5.41) is 0. The minimum Gasteiger partial charge on any atom is -0.377 e. The Balaban J connectivity index is 1.57. The van der Waals surface area contributed by atoms with Crippen LogP contribution in [0.2, 0.25) is 0 Å². The second kappa shape index (κ2) is 5.46. The van der Waals surface area contributed by atoms with E-state index in [0.717, 1.165) is 25.2 Å². The van der Waals surface area contributed by atoms with Gasteiger partial charge < -0.3 is 9.64 Å². The molecule has 0 aliphatic heterocycles. The first-order chi connectivity index (χ1) is 7.77. The van der Waals surface area contributed by atoms with Crippen molar-refractivity contribution in [3.05, 3.63) is 35.9 Å². The summed E-state index contributed by atoms with van der Waals surface area (Å²) in [4.78, 5) is 2.32. The van der Waals surface area contributed by atoms with Crippen molar-refractivity contribution in [2.75, 3.05) is 20.7 Å². The molecule has 2 rings (SSSR count). The van der Waals surface area contributed by atoms with Gasteiger partial charge >= 0.3 is 0 Å². The fourth-order valence-electron chi connectivity index (χ4n) is 2.17. The molecule has 0 unspecified atom stereocenters. The number of nitrogens with zero attached hydrogens (tertiary/aromatic N) is 1. The smallest absolute Gasteiger partial charge is 0.0716 e. The van der Waals surface area contributed by atoms with Gasteiger partial charge in [0.05, 0.1) is 6.61 Å². The maximum atomic E-state index is 5.68. The molecular formula is C14H21NO. The molecular weight excluding hydrogens is 198 g/mol. The van der Waals surface area contributed by atoms with Crippen LogP contribution in [0.3, 0.4) is 0 Å². The number of hydrogen-bond acceptors (Lipinski definition) is 2. The van der Waals surface area contributed by atoms with Crippen LogP contribution in [0.5, 0.6) is 0 Å². The van der Waals surface area contributed by atoms with Crippen molar-refractivity contribution in [2.45, 2.75) is 25.5 Å². The molecule has 0 bridgehead atoms. The molecule has 1 aliphatic carbocycles. The van der Waals surface area contributed by atoms with Gasteiger partial charge in [0.1, 0.15) is 0 Å². The van der Waals surface area contributed by atoms with Crippen LogP contribution < -0.4 is 0 Å². The molecule has 2 heteroatoms. The maximum absolute atomic E-state index is 5.68. The lowest BCUT2D eigenvalue weighted by Crippen LogP contribution is -2.16. The van der Waals surface area contributed by atoms with Crippen molar-refractivity contribution in [3.63, 3.8) is 0 Å². The lowest BCUT2D eigenvalue weighted by atomic mass is 10.2. The van der Waals surface area contributed by atoms with Gasteiger partial charge in [-0.15, -0.1) is 0 Å². The molecule has 1 aromatic carbocycles. The standard InChI is InChI=1S/C14H21NO/c1-15(2)14-10-13(14)8-9-16-11-12-6-4-3-5-7-12/h3-7,13-14H,8-11H2,1-2H3/t13-,14-/m0/s1. The third kappa shape index (κ3) is 3.32. The van der Waals surface area contributed by atoms with Gasteiger partial charge in [-0.3, -0.25) is 0 Å². The van der Waals surface area contributed by atoms with Crippen LogP contribution >= 0.6 is 0 Å². The van der Waals surface area contributed by atoms with E-state index in [4.69, 9.17) is 4.74 Å². The second-order valence-corrected chi connectivity index (χ2v) is 4.85. The molecule has 0 saturated heterocycles. The van der Waals surface area contributed by atoms with Gasteiger partial charge in [-0.05, 0) is 38.4 Å². The fourth-order valence-corrected chi connectivity index (χ4v) is 2.17. The molecule has 1 aliphatic rings. The van der Waals surface area contributed by atoms with Gasteiger partial charge in [0.2, 0.25) is 0 Å². The molecule has 1 saturated carbocycles. The fraction of sp³-hybridized carbons (Fsp3) is 0.571. The normalized spacial score (nSPS) is 23.7. The molecule has 0 heterocycles. The van der Waals surface area contributed by atoms with Crippen LogP contribution in [0.1, 0.15) is 18.4 Å². The van der Waals surface area contributed by atoms with Crippen LogP contribution in [0.15, 0.2) is 30.3 Å². The molecule has 0 N–H and O–H groups in total. The highest BCUT2D eigenvalue weighted by atomic mass is 16.5. The lowest BCUT2D eigenvalue weighted by molar-refractivity contribution is 0.113. The summed E-state index contributed by atoms with van der Waals surface area (Å²) in [5.74, 6) is 0.866. The Labute approximate surface area is 98.2 Å². The van der Waals surface area contributed by atoms with Crippen molar-refractivity contribution in [1.82, 2.24) is 4.90 Å². The van der Waals surface area contributed by atoms with E-state index >= 15 is 0 Å². The zero-order valence-electron chi connectivity index (χ0n) is 10.2. The molecule has 88 valence electrons. The molecule has 0 radical (unpaired) electrons. The Hall–Kier alpha value is -0.860. The highest BCUT2D eigenvalue weighted by Crippen LogP contribution is 2.36. The summed E-state index contributed by atoms with van der Waals surface area (Å²) < 4.78 is 5.68. The summed E-state index contributed by atoms with van der Waals surface area (Å²) in [6.45, 7) is 1.64. The minimum atomic E-state index is 0.750. The Kier molecular flexibility index (Phi) is 3.97. The van der Waals surface area contributed by atoms with E-state index in [1.54, 1.807) is 0 Å². The molecule has 1 aromatic rings. The molecule has 2 atom stereocenters. The largest absolute Gasteiger partial charge is 0.377 e. The first kappa shape index (κ1) is 11.6. The van der Waals surface area contributed by atoms with Gasteiger partial charge in [0, 0.05) is 12.6 Å². The van der Waals surface area contributed by atoms with Crippen molar-refractivity contribution < 1.29 is 4.74 Å². The van der Waals surface area contributed by atoms with Gasteiger partial charge in [-0.2, -0.15) is 0 Å². The highest BCUT2D eigenvalue weighted by Gasteiger charge is 2.37. The quantitative estimate of drug-likeness (QED) is 0.682. The lowest BCUT2D eigenvalue weighted by Gasteiger charge is -2.08. The van der Waals surface area contributed by atoms with Gasteiger partial charge in [0.15, 0.2) is 0 Å². The Morgan fingerprint density at radius 1 is 1.25 bits per heavy atom. The minimum absolute atomic E-state index is 0.750. The summed E-state index contributed by atoms with van der Waals surface area (Å²) in [6.07, 6.45) is 2.55. The third-order valence-electron chi connectivity index (χ3n) is 3.29. The monoisotopic (exact) mass is 219 g/mol. The SMILES string of the molecule is CN(C)[C@H]1C[C@@H]1CCOCc1ccccc1. The van der Waals surface area contributed by atoms with Crippen LogP contribution in [0, 0.1) is 5.92 Å². The first-order valence-electron chi connectivity index (χ1n) is 6.05. The van der Waals surface area contributed by atoms with Crippen LogP contribution in [-0.2, 0) is 11.3 Å². The van der Waals surface area contributed by atoms with Gasteiger partial charge in [-0.1, -0.05) is 30.3 Å². The molecule has 0 amide bonds. The topological polar surface area (TPSA) is 12.5 Å². The average molecular weight is 219 g/mol. The number of hydrogen-bond donors (Lipinski definition) is 0. The first-order valence-corrected chi connectivity index (χ1v) is 6.05.